The minimum absolute atomic E-state index is 0.246. The van der Waals surface area contributed by atoms with Crippen LogP contribution >= 0.6 is 0 Å². The Morgan fingerprint density at radius 2 is 1.92 bits per heavy atom. The molecule has 1 rings (SSSR count). The highest BCUT2D eigenvalue weighted by Gasteiger charge is 2.03. The summed E-state index contributed by atoms with van der Waals surface area (Å²) in [6, 6.07) is 8.23. The van der Waals surface area contributed by atoms with Crippen LogP contribution in [-0.2, 0) is 4.89 Å². The van der Waals surface area contributed by atoms with Crippen LogP contribution in [0.25, 0.3) is 0 Å². The molecule has 0 amide bonds. The second-order valence-electron chi connectivity index (χ2n) is 3.11. The lowest BCUT2D eigenvalue weighted by atomic mass is 10.0. The summed E-state index contributed by atoms with van der Waals surface area (Å²) in [6.07, 6.45) is 0. The molecule has 0 bridgehead atoms. The normalized spacial score (nSPS) is 12.9. The van der Waals surface area contributed by atoms with Crippen LogP contribution in [0.3, 0.4) is 0 Å². The van der Waals surface area contributed by atoms with Gasteiger partial charge in [-0.15, -0.1) is 0 Å². The maximum Gasteiger partial charge on any atom is 0.0885 e. The summed E-state index contributed by atoms with van der Waals surface area (Å²) in [5, 5.41) is 8.25. The molecule has 0 saturated heterocycles. The Morgan fingerprint density at radius 3 is 2.42 bits per heavy atom. The van der Waals surface area contributed by atoms with E-state index in [9.17, 15) is 0 Å². The van der Waals surface area contributed by atoms with Crippen molar-refractivity contribution in [2.24, 2.45) is 0 Å². The zero-order chi connectivity index (χ0) is 8.97. The molecule has 0 aliphatic rings. The number of rotatable bonds is 3. The minimum Gasteiger partial charge on any atom is -0.252 e. The molecule has 1 N–H and O–H groups in total. The van der Waals surface area contributed by atoms with E-state index < -0.39 is 0 Å². The molecule has 1 aromatic carbocycles. The zero-order valence-electron chi connectivity index (χ0n) is 7.45. The number of hydrogen-bond donors (Lipinski definition) is 1. The van der Waals surface area contributed by atoms with Crippen LogP contribution in [0, 0.1) is 6.92 Å². The van der Waals surface area contributed by atoms with Gasteiger partial charge in [-0.3, -0.25) is 5.26 Å². The summed E-state index contributed by atoms with van der Waals surface area (Å²) in [4.78, 5) is 4.09. The molecule has 1 unspecified atom stereocenters. The van der Waals surface area contributed by atoms with Crippen LogP contribution in [0.2, 0.25) is 0 Å². The van der Waals surface area contributed by atoms with Crippen molar-refractivity contribution in [1.82, 2.24) is 0 Å². The van der Waals surface area contributed by atoms with E-state index in [2.05, 4.69) is 36.1 Å². The Kier molecular flexibility index (Phi) is 3.26. The van der Waals surface area contributed by atoms with Gasteiger partial charge < -0.3 is 0 Å². The van der Waals surface area contributed by atoms with Gasteiger partial charge in [0.15, 0.2) is 0 Å². The maximum atomic E-state index is 8.25. The molecule has 0 aromatic heterocycles. The molecule has 1 aromatic rings. The molecular formula is C10H14O2. The Balaban J connectivity index is 2.68. The minimum atomic E-state index is 0.246. The van der Waals surface area contributed by atoms with Crippen LogP contribution in [0.4, 0.5) is 0 Å². The van der Waals surface area contributed by atoms with Gasteiger partial charge in [0.1, 0.15) is 0 Å². The number of benzene rings is 1. The molecule has 1 atom stereocenters. The fraction of sp³-hybridized carbons (Fsp3) is 0.400. The predicted octanol–water partition coefficient (Wildman–Crippen LogP) is 2.59. The summed E-state index contributed by atoms with van der Waals surface area (Å²) in [6.45, 7) is 4.42. The van der Waals surface area contributed by atoms with Crippen molar-refractivity contribution in [3.05, 3.63) is 35.4 Å². The first-order valence-corrected chi connectivity index (χ1v) is 4.07. The lowest BCUT2D eigenvalue weighted by Crippen LogP contribution is -2.01. The average Bonchev–Trinajstić information content (AvgIpc) is 2.06. The average molecular weight is 166 g/mol. The summed E-state index contributed by atoms with van der Waals surface area (Å²) in [7, 11) is 0. The molecule has 2 nitrogen and oxygen atoms in total. The van der Waals surface area contributed by atoms with Crippen LogP contribution in [0.5, 0.6) is 0 Å². The van der Waals surface area contributed by atoms with Crippen molar-refractivity contribution in [3.8, 4) is 0 Å². The van der Waals surface area contributed by atoms with Gasteiger partial charge in [0.2, 0.25) is 0 Å². The maximum absolute atomic E-state index is 8.25. The first-order valence-electron chi connectivity index (χ1n) is 4.07. The van der Waals surface area contributed by atoms with Crippen LogP contribution in [-0.4, -0.2) is 11.9 Å². The van der Waals surface area contributed by atoms with Crippen LogP contribution in [0.15, 0.2) is 24.3 Å². The van der Waals surface area contributed by atoms with Gasteiger partial charge in [0, 0.05) is 5.92 Å². The number of aryl methyl sites for hydroxylation is 1. The van der Waals surface area contributed by atoms with E-state index in [-0.39, 0.29) is 5.92 Å². The summed E-state index contributed by atoms with van der Waals surface area (Å²) in [5.74, 6) is 0.246. The summed E-state index contributed by atoms with van der Waals surface area (Å²) < 4.78 is 0. The third-order valence-electron chi connectivity index (χ3n) is 1.97. The molecule has 0 aliphatic heterocycles. The largest absolute Gasteiger partial charge is 0.252 e. The van der Waals surface area contributed by atoms with Gasteiger partial charge in [-0.2, -0.15) is 0 Å². The predicted molar refractivity (Wildman–Crippen MR) is 48.2 cm³/mol. The molecule has 66 valence electrons. The van der Waals surface area contributed by atoms with Crippen LogP contribution < -0.4 is 0 Å². The lowest BCUT2D eigenvalue weighted by molar-refractivity contribution is -0.245. The van der Waals surface area contributed by atoms with Gasteiger partial charge in [-0.1, -0.05) is 36.8 Å². The monoisotopic (exact) mass is 166 g/mol. The molecule has 2 heteroatoms. The second-order valence-corrected chi connectivity index (χ2v) is 3.11. The first-order chi connectivity index (χ1) is 5.74. The SMILES string of the molecule is Cc1ccc(C(C)COO)cc1. The Bertz CT molecular complexity index is 228. The van der Waals surface area contributed by atoms with Gasteiger partial charge in [0.05, 0.1) is 6.61 Å². The highest BCUT2D eigenvalue weighted by Crippen LogP contribution is 2.15. The second kappa shape index (κ2) is 4.24. The van der Waals surface area contributed by atoms with Gasteiger partial charge in [0.25, 0.3) is 0 Å². The van der Waals surface area contributed by atoms with E-state index in [1.807, 2.05) is 6.92 Å². The summed E-state index contributed by atoms with van der Waals surface area (Å²) in [5.41, 5.74) is 2.44. The molecule has 0 saturated carbocycles. The van der Waals surface area contributed by atoms with Crippen LogP contribution in [0.1, 0.15) is 24.0 Å². The smallest absolute Gasteiger partial charge is 0.0885 e. The van der Waals surface area contributed by atoms with E-state index in [4.69, 9.17) is 5.26 Å². The molecule has 0 fully saturated rings. The standard InChI is InChI=1S/C10H14O2/c1-8-3-5-10(6-4-8)9(2)7-12-11/h3-6,9,11H,7H2,1-2H3. The van der Waals surface area contributed by atoms with Crippen molar-refractivity contribution in [1.29, 1.82) is 0 Å². The Morgan fingerprint density at radius 1 is 1.33 bits per heavy atom. The van der Waals surface area contributed by atoms with Crippen molar-refractivity contribution in [3.63, 3.8) is 0 Å². The van der Waals surface area contributed by atoms with E-state index >= 15 is 0 Å². The lowest BCUT2D eigenvalue weighted by Gasteiger charge is -2.08. The van der Waals surface area contributed by atoms with Gasteiger partial charge in [-0.05, 0) is 12.5 Å². The summed E-state index contributed by atoms with van der Waals surface area (Å²) >= 11 is 0. The molecule has 12 heavy (non-hydrogen) atoms. The van der Waals surface area contributed by atoms with E-state index in [1.54, 1.807) is 0 Å². The first kappa shape index (κ1) is 9.23. The Labute approximate surface area is 72.7 Å². The molecule has 0 spiro atoms. The van der Waals surface area contributed by atoms with Crippen molar-refractivity contribution < 1.29 is 10.1 Å². The molecule has 0 aliphatic carbocycles. The Hall–Kier alpha value is -0.860. The van der Waals surface area contributed by atoms with Crippen molar-refractivity contribution in [2.45, 2.75) is 19.8 Å². The van der Waals surface area contributed by atoms with E-state index in [0.29, 0.717) is 6.61 Å². The third kappa shape index (κ3) is 2.32. The van der Waals surface area contributed by atoms with Crippen molar-refractivity contribution in [2.75, 3.05) is 6.61 Å². The quantitative estimate of drug-likeness (QED) is 0.552. The highest BCUT2D eigenvalue weighted by molar-refractivity contribution is 5.23. The zero-order valence-corrected chi connectivity index (χ0v) is 7.45. The molecular weight excluding hydrogens is 152 g/mol. The van der Waals surface area contributed by atoms with Gasteiger partial charge in [-0.25, -0.2) is 4.89 Å². The van der Waals surface area contributed by atoms with E-state index in [0.717, 1.165) is 0 Å². The number of hydrogen-bond acceptors (Lipinski definition) is 2. The van der Waals surface area contributed by atoms with E-state index in [1.165, 1.54) is 11.1 Å². The fourth-order valence-electron chi connectivity index (χ4n) is 1.10. The van der Waals surface area contributed by atoms with Gasteiger partial charge >= 0.3 is 0 Å². The highest BCUT2D eigenvalue weighted by atomic mass is 17.1. The molecule has 0 heterocycles. The third-order valence-corrected chi connectivity index (χ3v) is 1.97. The fourth-order valence-corrected chi connectivity index (χ4v) is 1.10. The topological polar surface area (TPSA) is 29.5 Å². The molecule has 0 radical (unpaired) electrons. The van der Waals surface area contributed by atoms with Crippen molar-refractivity contribution >= 4 is 0 Å².